The SMILES string of the molecule is CN=C(NC(=O)OC(C)(C)C)NC1(C=O)c2cc(Br)ccc2OC2CCC3(CC21)OCCO3. The summed E-state index contributed by atoms with van der Waals surface area (Å²) >= 11 is 3.51. The molecular formula is C23H30BrN3O6. The minimum Gasteiger partial charge on any atom is -0.490 e. The number of nitrogens with zero attached hydrogens (tertiary/aromatic N) is 1. The molecule has 3 aliphatic rings. The van der Waals surface area contributed by atoms with Crippen molar-refractivity contribution in [3.8, 4) is 5.75 Å². The molecule has 2 N–H and O–H groups in total. The van der Waals surface area contributed by atoms with Gasteiger partial charge in [0.25, 0.3) is 0 Å². The van der Waals surface area contributed by atoms with Crippen LogP contribution in [0.15, 0.2) is 27.7 Å². The maximum atomic E-state index is 13.0. The lowest BCUT2D eigenvalue weighted by Gasteiger charge is -2.51. The van der Waals surface area contributed by atoms with Gasteiger partial charge in [-0.05, 0) is 45.4 Å². The molecule has 1 spiro atoms. The molecule has 0 aromatic heterocycles. The number of carbonyl (C=O) groups excluding carboxylic acids is 2. The van der Waals surface area contributed by atoms with Gasteiger partial charge in [-0.3, -0.25) is 10.3 Å². The summed E-state index contributed by atoms with van der Waals surface area (Å²) in [5.41, 5.74) is -1.27. The highest BCUT2D eigenvalue weighted by molar-refractivity contribution is 9.10. The van der Waals surface area contributed by atoms with Gasteiger partial charge < -0.3 is 29.1 Å². The predicted molar refractivity (Wildman–Crippen MR) is 124 cm³/mol. The molecule has 1 aliphatic carbocycles. The number of nitrogens with one attached hydrogen (secondary N) is 2. The third-order valence-electron chi connectivity index (χ3n) is 6.21. The summed E-state index contributed by atoms with van der Waals surface area (Å²) in [5, 5.41) is 5.87. The van der Waals surface area contributed by atoms with E-state index >= 15 is 0 Å². The van der Waals surface area contributed by atoms with E-state index in [-0.39, 0.29) is 18.0 Å². The number of rotatable bonds is 2. The smallest absolute Gasteiger partial charge is 0.414 e. The van der Waals surface area contributed by atoms with Gasteiger partial charge in [-0.15, -0.1) is 0 Å². The Hall–Kier alpha value is -2.17. The molecule has 10 heteroatoms. The van der Waals surface area contributed by atoms with E-state index in [4.69, 9.17) is 18.9 Å². The first-order valence-electron chi connectivity index (χ1n) is 11.1. The monoisotopic (exact) mass is 523 g/mol. The van der Waals surface area contributed by atoms with Gasteiger partial charge in [0.15, 0.2) is 12.1 Å². The van der Waals surface area contributed by atoms with Crippen LogP contribution in [0.1, 0.15) is 45.6 Å². The van der Waals surface area contributed by atoms with Gasteiger partial charge in [0.2, 0.25) is 5.96 Å². The van der Waals surface area contributed by atoms with Crippen molar-refractivity contribution in [2.45, 2.75) is 63.1 Å². The first kappa shape index (κ1) is 24.0. The Morgan fingerprint density at radius 3 is 2.67 bits per heavy atom. The van der Waals surface area contributed by atoms with E-state index in [1.807, 2.05) is 18.2 Å². The first-order chi connectivity index (χ1) is 15.6. The molecule has 2 fully saturated rings. The highest BCUT2D eigenvalue weighted by Crippen LogP contribution is 2.52. The number of halogens is 1. The molecule has 1 aromatic rings. The number of ether oxygens (including phenoxy) is 4. The maximum Gasteiger partial charge on any atom is 0.414 e. The van der Waals surface area contributed by atoms with Crippen LogP contribution in [0.3, 0.4) is 0 Å². The second kappa shape index (κ2) is 8.88. The largest absolute Gasteiger partial charge is 0.490 e. The Morgan fingerprint density at radius 1 is 1.30 bits per heavy atom. The number of hydrogen-bond donors (Lipinski definition) is 2. The van der Waals surface area contributed by atoms with Gasteiger partial charge in [-0.1, -0.05) is 15.9 Å². The molecule has 1 saturated heterocycles. The van der Waals surface area contributed by atoms with Gasteiger partial charge in [0.1, 0.15) is 23.0 Å². The van der Waals surface area contributed by atoms with Gasteiger partial charge >= 0.3 is 6.09 Å². The van der Waals surface area contributed by atoms with Crippen molar-refractivity contribution in [2.75, 3.05) is 20.3 Å². The zero-order valence-corrected chi connectivity index (χ0v) is 20.9. The Morgan fingerprint density at radius 2 is 2.03 bits per heavy atom. The van der Waals surface area contributed by atoms with Crippen LogP contribution in [0, 0.1) is 5.92 Å². The number of carbonyl (C=O) groups is 2. The normalized spacial score (nSPS) is 28.3. The van der Waals surface area contributed by atoms with Crippen molar-refractivity contribution in [3.63, 3.8) is 0 Å². The van der Waals surface area contributed by atoms with Crippen LogP contribution in [0.5, 0.6) is 5.75 Å². The van der Waals surface area contributed by atoms with E-state index in [9.17, 15) is 9.59 Å². The Kier molecular flexibility index (Phi) is 6.45. The average molecular weight is 524 g/mol. The predicted octanol–water partition coefficient (Wildman–Crippen LogP) is 3.25. The van der Waals surface area contributed by atoms with Crippen molar-refractivity contribution in [2.24, 2.45) is 10.9 Å². The summed E-state index contributed by atoms with van der Waals surface area (Å²) in [4.78, 5) is 29.6. The summed E-state index contributed by atoms with van der Waals surface area (Å²) in [5.74, 6) is -0.348. The molecule has 1 saturated carbocycles. The fraction of sp³-hybridized carbons (Fsp3) is 0.609. The quantitative estimate of drug-likeness (QED) is 0.348. The number of hydrogen-bond acceptors (Lipinski definition) is 7. The first-order valence-corrected chi connectivity index (χ1v) is 11.8. The van der Waals surface area contributed by atoms with Crippen LogP contribution in [-0.4, -0.2) is 56.1 Å². The average Bonchev–Trinajstić information content (AvgIpc) is 3.20. The molecule has 1 aromatic carbocycles. The fourth-order valence-electron chi connectivity index (χ4n) is 4.86. The van der Waals surface area contributed by atoms with Crippen LogP contribution in [0.4, 0.5) is 4.79 Å². The number of alkyl carbamates (subject to hydrolysis) is 1. The Labute approximate surface area is 201 Å². The molecule has 4 rings (SSSR count). The van der Waals surface area contributed by atoms with Gasteiger partial charge in [-0.2, -0.15) is 0 Å². The van der Waals surface area contributed by atoms with Crippen LogP contribution >= 0.6 is 15.9 Å². The molecule has 2 aliphatic heterocycles. The Balaban J connectivity index is 1.72. The highest BCUT2D eigenvalue weighted by atomic mass is 79.9. The third kappa shape index (κ3) is 4.74. The summed E-state index contributed by atoms with van der Waals surface area (Å²) in [6.07, 6.45) is 1.76. The van der Waals surface area contributed by atoms with Crippen LogP contribution in [0.2, 0.25) is 0 Å². The van der Waals surface area contributed by atoms with Crippen molar-refractivity contribution < 1.29 is 28.5 Å². The number of fused-ring (bicyclic) bond motifs is 2. The summed E-state index contributed by atoms with van der Waals surface area (Å²) in [6.45, 7) is 6.36. The molecule has 3 atom stereocenters. The lowest BCUT2D eigenvalue weighted by Crippen LogP contribution is -2.64. The van der Waals surface area contributed by atoms with E-state index < -0.39 is 23.0 Å². The van der Waals surface area contributed by atoms with E-state index in [0.717, 1.165) is 10.8 Å². The van der Waals surface area contributed by atoms with Crippen LogP contribution in [-0.2, 0) is 24.5 Å². The highest BCUT2D eigenvalue weighted by Gasteiger charge is 2.58. The number of benzene rings is 1. The third-order valence-corrected chi connectivity index (χ3v) is 6.70. The topological polar surface area (TPSA) is 107 Å². The number of aliphatic imine (C=N–C) groups is 1. The van der Waals surface area contributed by atoms with Crippen LogP contribution < -0.4 is 15.4 Å². The Bertz CT molecular complexity index is 956. The van der Waals surface area contributed by atoms with Crippen molar-refractivity contribution >= 4 is 34.3 Å². The van der Waals surface area contributed by atoms with E-state index in [1.165, 1.54) is 7.05 Å². The molecule has 33 heavy (non-hydrogen) atoms. The van der Waals surface area contributed by atoms with Crippen molar-refractivity contribution in [1.82, 2.24) is 10.6 Å². The second-order valence-corrected chi connectivity index (χ2v) is 10.5. The van der Waals surface area contributed by atoms with E-state index in [0.29, 0.717) is 43.8 Å². The number of amides is 1. The minimum atomic E-state index is -1.24. The molecule has 3 unspecified atom stereocenters. The second-order valence-electron chi connectivity index (χ2n) is 9.56. The zero-order valence-electron chi connectivity index (χ0n) is 19.3. The minimum absolute atomic E-state index is 0.121. The number of aldehydes is 1. The molecule has 1 amide bonds. The van der Waals surface area contributed by atoms with Gasteiger partial charge in [0, 0.05) is 35.8 Å². The molecular weight excluding hydrogens is 494 g/mol. The molecule has 0 bridgehead atoms. The standard InChI is InChI=1S/C23H30BrN3O6/c1-21(2,3)33-20(29)26-19(25-4)27-23(13-28)15-11-14(24)5-6-17(15)32-18-7-8-22(12-16(18)23)30-9-10-31-22/h5-6,11,13,16,18H,7-10,12H2,1-4H3,(H2,25,26,27,29). The molecule has 2 heterocycles. The zero-order chi connectivity index (χ0) is 23.9. The summed E-state index contributed by atoms with van der Waals surface area (Å²) in [6, 6.07) is 5.56. The number of guanidine groups is 1. The molecule has 9 nitrogen and oxygen atoms in total. The van der Waals surface area contributed by atoms with Gasteiger partial charge in [-0.25, -0.2) is 4.79 Å². The fourth-order valence-corrected chi connectivity index (χ4v) is 5.22. The van der Waals surface area contributed by atoms with Crippen molar-refractivity contribution in [1.29, 1.82) is 0 Å². The maximum absolute atomic E-state index is 13.0. The molecule has 0 radical (unpaired) electrons. The van der Waals surface area contributed by atoms with Gasteiger partial charge in [0.05, 0.1) is 13.2 Å². The van der Waals surface area contributed by atoms with Crippen LogP contribution in [0.25, 0.3) is 0 Å². The summed E-state index contributed by atoms with van der Waals surface area (Å²) < 4.78 is 24.5. The molecule has 180 valence electrons. The summed E-state index contributed by atoms with van der Waals surface area (Å²) in [7, 11) is 1.53. The van der Waals surface area contributed by atoms with Crippen molar-refractivity contribution in [3.05, 3.63) is 28.2 Å². The van der Waals surface area contributed by atoms with E-state index in [2.05, 4.69) is 31.6 Å². The van der Waals surface area contributed by atoms with E-state index in [1.54, 1.807) is 20.8 Å². The lowest BCUT2D eigenvalue weighted by molar-refractivity contribution is -0.210. The lowest BCUT2D eigenvalue weighted by atomic mass is 9.66.